The average Bonchev–Trinajstić information content (AvgIpc) is 2.81. The molecule has 9 nitrogen and oxygen atoms in total. The van der Waals surface area contributed by atoms with Gasteiger partial charge in [-0.3, -0.25) is 14.4 Å². The van der Waals surface area contributed by atoms with Crippen LogP contribution < -0.4 is 16.4 Å². The number of hydrogen-bond donors (Lipinski definition) is 3. The number of amides is 4. The Labute approximate surface area is 230 Å². The minimum atomic E-state index is -1.36. The van der Waals surface area contributed by atoms with Crippen LogP contribution in [-0.2, 0) is 19.1 Å². The number of hydrogen-bond acceptors (Lipinski definition) is 5. The maximum Gasteiger partial charge on any atom is 0.408 e. The Kier molecular flexibility index (Phi) is 10.4. The number of nitrogens with two attached hydrogens (primary N) is 1. The second-order valence-corrected chi connectivity index (χ2v) is 10.6. The van der Waals surface area contributed by atoms with E-state index >= 15 is 0 Å². The molecule has 2 rings (SSSR count). The molecule has 0 saturated carbocycles. The highest BCUT2D eigenvalue weighted by molar-refractivity contribution is 6.00. The van der Waals surface area contributed by atoms with Crippen molar-refractivity contribution in [3.8, 4) is 0 Å². The third-order valence-corrected chi connectivity index (χ3v) is 6.23. The van der Waals surface area contributed by atoms with E-state index in [4.69, 9.17) is 10.5 Å². The van der Waals surface area contributed by atoms with E-state index < -0.39 is 47.9 Å². The van der Waals surface area contributed by atoms with E-state index in [0.717, 1.165) is 22.3 Å². The van der Waals surface area contributed by atoms with Crippen molar-refractivity contribution in [2.45, 2.75) is 72.6 Å². The van der Waals surface area contributed by atoms with Crippen molar-refractivity contribution in [3.05, 3.63) is 76.9 Å². The fourth-order valence-corrected chi connectivity index (χ4v) is 4.24. The number of anilines is 1. The predicted molar refractivity (Wildman–Crippen MR) is 152 cm³/mol. The van der Waals surface area contributed by atoms with Gasteiger partial charge in [-0.05, 0) is 76.3 Å². The summed E-state index contributed by atoms with van der Waals surface area (Å²) in [6, 6.07) is 8.71. The zero-order valence-corrected chi connectivity index (χ0v) is 23.9. The summed E-state index contributed by atoms with van der Waals surface area (Å²) in [4.78, 5) is 53.8. The number of alkyl carbamates (subject to hydrolysis) is 1. The normalized spacial score (nSPS) is 12.6. The molecule has 4 N–H and O–H groups in total. The maximum atomic E-state index is 14.0. The summed E-state index contributed by atoms with van der Waals surface area (Å²) < 4.78 is 5.30. The summed E-state index contributed by atoms with van der Waals surface area (Å²) in [6.07, 6.45) is 0.116. The number of aryl methyl sites for hydroxylation is 3. The summed E-state index contributed by atoms with van der Waals surface area (Å²) in [5, 5.41) is 5.46. The Morgan fingerprint density at radius 1 is 1.00 bits per heavy atom. The van der Waals surface area contributed by atoms with Crippen LogP contribution in [0.3, 0.4) is 0 Å². The molecule has 2 unspecified atom stereocenters. The number of para-hydroxylation sites is 1. The Morgan fingerprint density at radius 3 is 2.10 bits per heavy atom. The lowest BCUT2D eigenvalue weighted by atomic mass is 9.94. The van der Waals surface area contributed by atoms with Crippen LogP contribution >= 0.6 is 0 Å². The summed E-state index contributed by atoms with van der Waals surface area (Å²) in [6.45, 7) is 16.3. The van der Waals surface area contributed by atoms with Crippen molar-refractivity contribution < 1.29 is 23.9 Å². The monoisotopic (exact) mass is 536 g/mol. The number of rotatable bonds is 10. The van der Waals surface area contributed by atoms with Crippen LogP contribution in [0.1, 0.15) is 61.1 Å². The van der Waals surface area contributed by atoms with Gasteiger partial charge in [0, 0.05) is 12.2 Å². The fraction of sp³-hybridized carbons (Fsp3) is 0.400. The molecule has 2 aromatic rings. The summed E-state index contributed by atoms with van der Waals surface area (Å²) in [7, 11) is 0. The van der Waals surface area contributed by atoms with Crippen molar-refractivity contribution in [2.75, 3.05) is 11.9 Å². The van der Waals surface area contributed by atoms with Gasteiger partial charge >= 0.3 is 6.09 Å². The standard InChI is InChI=1S/C30H40N4O5/c1-9-16-34(28(37)23(17-24(31)35)32-29(38)39-30(6,7)8)26(22-15-11-12-18(2)21(22)5)27(36)33-25-19(3)13-10-14-20(25)4/h9-15,23,26H,1,16-17H2,2-8H3,(H2,31,35)(H,32,38)(H,33,36). The van der Waals surface area contributed by atoms with Gasteiger partial charge in [-0.25, -0.2) is 4.79 Å². The molecule has 4 amide bonds. The maximum absolute atomic E-state index is 14.0. The van der Waals surface area contributed by atoms with Crippen LogP contribution in [-0.4, -0.2) is 46.9 Å². The van der Waals surface area contributed by atoms with Crippen molar-refractivity contribution in [1.82, 2.24) is 10.2 Å². The minimum Gasteiger partial charge on any atom is -0.444 e. The lowest BCUT2D eigenvalue weighted by Gasteiger charge is -2.34. The van der Waals surface area contributed by atoms with E-state index in [0.29, 0.717) is 11.3 Å². The molecule has 0 aliphatic rings. The third-order valence-electron chi connectivity index (χ3n) is 6.23. The molecular formula is C30H40N4O5. The highest BCUT2D eigenvalue weighted by Gasteiger charge is 2.37. The van der Waals surface area contributed by atoms with Gasteiger partial charge in [0.25, 0.3) is 5.91 Å². The molecule has 0 fully saturated rings. The number of benzene rings is 2. The fourth-order valence-electron chi connectivity index (χ4n) is 4.24. The second kappa shape index (κ2) is 13.1. The van der Waals surface area contributed by atoms with Crippen LogP contribution in [0, 0.1) is 27.7 Å². The lowest BCUT2D eigenvalue weighted by Crippen LogP contribution is -2.53. The molecule has 2 aromatic carbocycles. The van der Waals surface area contributed by atoms with Gasteiger partial charge in [-0.1, -0.05) is 42.5 Å². The quantitative estimate of drug-likeness (QED) is 0.388. The van der Waals surface area contributed by atoms with Gasteiger partial charge in [-0.2, -0.15) is 0 Å². The molecule has 0 aliphatic heterocycles. The first-order valence-electron chi connectivity index (χ1n) is 12.8. The van der Waals surface area contributed by atoms with E-state index in [1.165, 1.54) is 11.0 Å². The molecule has 0 bridgehead atoms. The van der Waals surface area contributed by atoms with Crippen molar-refractivity contribution >= 4 is 29.5 Å². The lowest BCUT2D eigenvalue weighted by molar-refractivity contribution is -0.141. The number of carbonyl (C=O) groups is 4. The molecule has 0 heterocycles. The minimum absolute atomic E-state index is 0.0394. The summed E-state index contributed by atoms with van der Waals surface area (Å²) in [5.41, 5.74) is 9.33. The summed E-state index contributed by atoms with van der Waals surface area (Å²) in [5.74, 6) is -1.93. The second-order valence-electron chi connectivity index (χ2n) is 10.6. The molecule has 210 valence electrons. The highest BCUT2D eigenvalue weighted by Crippen LogP contribution is 2.30. The van der Waals surface area contributed by atoms with Gasteiger partial charge in [0.2, 0.25) is 11.8 Å². The number of nitrogens with one attached hydrogen (secondary N) is 2. The first kappa shape index (κ1) is 31.1. The molecular weight excluding hydrogens is 496 g/mol. The topological polar surface area (TPSA) is 131 Å². The molecule has 0 radical (unpaired) electrons. The first-order chi connectivity index (χ1) is 18.2. The molecule has 0 aliphatic carbocycles. The number of carbonyl (C=O) groups excluding carboxylic acids is 4. The van der Waals surface area contributed by atoms with Gasteiger partial charge in [0.05, 0.1) is 6.42 Å². The zero-order chi connectivity index (χ0) is 29.5. The predicted octanol–water partition coefficient (Wildman–Crippen LogP) is 4.38. The average molecular weight is 537 g/mol. The van der Waals surface area contributed by atoms with Gasteiger partial charge in [-0.15, -0.1) is 6.58 Å². The summed E-state index contributed by atoms with van der Waals surface area (Å²) >= 11 is 0. The van der Waals surface area contributed by atoms with Crippen LogP contribution in [0.5, 0.6) is 0 Å². The van der Waals surface area contributed by atoms with Gasteiger partial charge < -0.3 is 26.0 Å². The van der Waals surface area contributed by atoms with Crippen LogP contribution in [0.15, 0.2) is 49.1 Å². The van der Waals surface area contributed by atoms with Crippen LogP contribution in [0.4, 0.5) is 10.5 Å². The number of ether oxygens (including phenoxy) is 1. The van der Waals surface area contributed by atoms with Crippen LogP contribution in [0.2, 0.25) is 0 Å². The molecule has 9 heteroatoms. The molecule has 0 aromatic heterocycles. The van der Waals surface area contributed by atoms with Crippen molar-refractivity contribution in [1.29, 1.82) is 0 Å². The largest absolute Gasteiger partial charge is 0.444 e. The Morgan fingerprint density at radius 2 is 1.56 bits per heavy atom. The smallest absolute Gasteiger partial charge is 0.408 e. The van der Waals surface area contributed by atoms with E-state index in [9.17, 15) is 19.2 Å². The molecule has 2 atom stereocenters. The van der Waals surface area contributed by atoms with Gasteiger partial charge in [0.1, 0.15) is 17.7 Å². The zero-order valence-electron chi connectivity index (χ0n) is 23.9. The van der Waals surface area contributed by atoms with Gasteiger partial charge in [0.15, 0.2) is 0 Å². The Bertz CT molecular complexity index is 1230. The SMILES string of the molecule is C=CCN(C(=O)C(CC(N)=O)NC(=O)OC(C)(C)C)C(C(=O)Nc1c(C)cccc1C)c1cccc(C)c1C. The van der Waals surface area contributed by atoms with E-state index in [2.05, 4.69) is 17.2 Å². The van der Waals surface area contributed by atoms with Crippen LogP contribution in [0.25, 0.3) is 0 Å². The molecule has 0 saturated heterocycles. The van der Waals surface area contributed by atoms with Crippen molar-refractivity contribution in [2.24, 2.45) is 5.73 Å². The number of primary amides is 1. The third kappa shape index (κ3) is 8.43. The number of nitrogens with zero attached hydrogens (tertiary/aromatic N) is 1. The molecule has 0 spiro atoms. The highest BCUT2D eigenvalue weighted by atomic mass is 16.6. The van der Waals surface area contributed by atoms with E-state index in [1.54, 1.807) is 26.8 Å². The van der Waals surface area contributed by atoms with E-state index in [-0.39, 0.29) is 6.54 Å². The first-order valence-corrected chi connectivity index (χ1v) is 12.8. The Balaban J connectivity index is 2.62. The molecule has 39 heavy (non-hydrogen) atoms. The Hall–Kier alpha value is -4.14. The van der Waals surface area contributed by atoms with E-state index in [1.807, 2.05) is 58.0 Å². The van der Waals surface area contributed by atoms with Crippen molar-refractivity contribution in [3.63, 3.8) is 0 Å².